The lowest BCUT2D eigenvalue weighted by Crippen LogP contribution is -2.18. The van der Waals surface area contributed by atoms with Crippen molar-refractivity contribution in [2.45, 2.75) is 26.9 Å². The van der Waals surface area contributed by atoms with Crippen molar-refractivity contribution < 1.29 is 14.3 Å². The molecule has 0 bridgehead atoms. The highest BCUT2D eigenvalue weighted by Gasteiger charge is 2.11. The van der Waals surface area contributed by atoms with Crippen molar-refractivity contribution in [2.24, 2.45) is 5.10 Å². The van der Waals surface area contributed by atoms with E-state index in [0.29, 0.717) is 17.1 Å². The fourth-order valence-electron chi connectivity index (χ4n) is 2.12. The van der Waals surface area contributed by atoms with Crippen LogP contribution >= 0.6 is 0 Å². The topological polar surface area (TPSA) is 59.9 Å². The van der Waals surface area contributed by atoms with Crippen LogP contribution in [0.15, 0.2) is 47.6 Å². The zero-order valence-corrected chi connectivity index (χ0v) is 14.4. The van der Waals surface area contributed by atoms with Gasteiger partial charge in [-0.2, -0.15) is 5.10 Å². The van der Waals surface area contributed by atoms with Crippen LogP contribution in [0.4, 0.5) is 0 Å². The molecule has 0 aliphatic rings. The maximum atomic E-state index is 12.2. The lowest BCUT2D eigenvalue weighted by Gasteiger charge is -2.14. The minimum absolute atomic E-state index is 0.0253. The van der Waals surface area contributed by atoms with Crippen molar-refractivity contribution in [1.29, 1.82) is 0 Å². The molecule has 0 saturated carbocycles. The summed E-state index contributed by atoms with van der Waals surface area (Å²) in [6.45, 7) is 5.85. The SMILES string of the molecule is COc1cc(C(=O)N/N=C\c2ccccc2C)ccc1OC(C)C. The van der Waals surface area contributed by atoms with Gasteiger partial charge in [-0.25, -0.2) is 5.43 Å². The fourth-order valence-corrected chi connectivity index (χ4v) is 2.12. The van der Waals surface area contributed by atoms with Gasteiger partial charge in [0.25, 0.3) is 5.91 Å². The summed E-state index contributed by atoms with van der Waals surface area (Å²) in [5.41, 5.74) is 5.01. The summed E-state index contributed by atoms with van der Waals surface area (Å²) in [5.74, 6) is 0.806. The van der Waals surface area contributed by atoms with Gasteiger partial charge in [0, 0.05) is 5.56 Å². The average Bonchev–Trinajstić information content (AvgIpc) is 2.56. The number of carbonyl (C=O) groups excluding carboxylic acids is 1. The number of hydrogen-bond acceptors (Lipinski definition) is 4. The quantitative estimate of drug-likeness (QED) is 0.652. The molecule has 0 aromatic heterocycles. The van der Waals surface area contributed by atoms with E-state index >= 15 is 0 Å². The van der Waals surface area contributed by atoms with Crippen molar-refractivity contribution in [3.05, 3.63) is 59.2 Å². The van der Waals surface area contributed by atoms with Gasteiger partial charge in [0.2, 0.25) is 0 Å². The second-order valence-electron chi connectivity index (χ2n) is 5.59. The van der Waals surface area contributed by atoms with Crippen LogP contribution < -0.4 is 14.9 Å². The van der Waals surface area contributed by atoms with E-state index in [9.17, 15) is 4.79 Å². The molecule has 0 saturated heterocycles. The van der Waals surface area contributed by atoms with Gasteiger partial charge in [0.15, 0.2) is 11.5 Å². The number of hydrazone groups is 1. The molecule has 1 amide bonds. The van der Waals surface area contributed by atoms with Crippen molar-refractivity contribution in [2.75, 3.05) is 7.11 Å². The van der Waals surface area contributed by atoms with E-state index in [1.54, 1.807) is 31.5 Å². The Morgan fingerprint density at radius 3 is 2.58 bits per heavy atom. The molecule has 24 heavy (non-hydrogen) atoms. The Morgan fingerprint density at radius 1 is 1.17 bits per heavy atom. The van der Waals surface area contributed by atoms with E-state index in [1.165, 1.54) is 0 Å². The molecule has 0 atom stereocenters. The van der Waals surface area contributed by atoms with Gasteiger partial charge < -0.3 is 9.47 Å². The number of nitrogens with zero attached hydrogens (tertiary/aromatic N) is 1. The van der Waals surface area contributed by atoms with E-state index in [0.717, 1.165) is 11.1 Å². The zero-order valence-electron chi connectivity index (χ0n) is 14.4. The van der Waals surface area contributed by atoms with Crippen molar-refractivity contribution in [3.8, 4) is 11.5 Å². The van der Waals surface area contributed by atoms with E-state index in [1.807, 2.05) is 45.0 Å². The smallest absolute Gasteiger partial charge is 0.271 e. The number of hydrogen-bond donors (Lipinski definition) is 1. The number of methoxy groups -OCH3 is 1. The Bertz CT molecular complexity index is 739. The first-order valence-corrected chi connectivity index (χ1v) is 7.75. The molecule has 0 aliphatic heterocycles. The number of ether oxygens (including phenoxy) is 2. The van der Waals surface area contributed by atoms with E-state index in [2.05, 4.69) is 10.5 Å². The first-order valence-electron chi connectivity index (χ1n) is 7.75. The Kier molecular flexibility index (Phi) is 5.95. The Labute approximate surface area is 142 Å². The molecular weight excluding hydrogens is 304 g/mol. The largest absolute Gasteiger partial charge is 0.493 e. The standard InChI is InChI=1S/C19H22N2O3/c1-13(2)24-17-10-9-15(11-18(17)23-4)19(22)21-20-12-16-8-6-5-7-14(16)3/h5-13H,1-4H3,(H,21,22)/b20-12-. The fraction of sp³-hybridized carbons (Fsp3) is 0.263. The van der Waals surface area contributed by atoms with Crippen LogP contribution in [0.1, 0.15) is 35.3 Å². The minimum Gasteiger partial charge on any atom is -0.493 e. The second-order valence-corrected chi connectivity index (χ2v) is 5.59. The third-order valence-electron chi connectivity index (χ3n) is 3.35. The van der Waals surface area contributed by atoms with Gasteiger partial charge >= 0.3 is 0 Å². The van der Waals surface area contributed by atoms with Gasteiger partial charge in [0.05, 0.1) is 19.4 Å². The molecule has 0 spiro atoms. The number of benzene rings is 2. The first kappa shape index (κ1) is 17.5. The normalized spacial score (nSPS) is 10.9. The molecule has 0 aliphatic carbocycles. The second kappa shape index (κ2) is 8.15. The highest BCUT2D eigenvalue weighted by molar-refractivity contribution is 5.95. The van der Waals surface area contributed by atoms with Crippen LogP contribution in [0.3, 0.4) is 0 Å². The summed E-state index contributed by atoms with van der Waals surface area (Å²) in [4.78, 5) is 12.2. The molecule has 5 nitrogen and oxygen atoms in total. The van der Waals surface area contributed by atoms with E-state index in [-0.39, 0.29) is 12.0 Å². The summed E-state index contributed by atoms with van der Waals surface area (Å²) in [6.07, 6.45) is 1.65. The van der Waals surface area contributed by atoms with Gasteiger partial charge in [-0.1, -0.05) is 24.3 Å². The minimum atomic E-state index is -0.311. The highest BCUT2D eigenvalue weighted by atomic mass is 16.5. The molecule has 2 aromatic rings. The molecule has 2 rings (SSSR count). The molecule has 0 radical (unpaired) electrons. The average molecular weight is 326 g/mol. The van der Waals surface area contributed by atoms with Crippen LogP contribution in [-0.4, -0.2) is 25.3 Å². The Balaban J connectivity index is 2.08. The van der Waals surface area contributed by atoms with E-state index < -0.39 is 0 Å². The number of nitrogens with one attached hydrogen (secondary N) is 1. The maximum absolute atomic E-state index is 12.2. The summed E-state index contributed by atoms with van der Waals surface area (Å²) in [6, 6.07) is 12.8. The molecular formula is C19H22N2O3. The third kappa shape index (κ3) is 4.59. The van der Waals surface area contributed by atoms with Crippen LogP contribution in [0.25, 0.3) is 0 Å². The summed E-state index contributed by atoms with van der Waals surface area (Å²) in [5, 5.41) is 4.01. The maximum Gasteiger partial charge on any atom is 0.271 e. The molecule has 0 heterocycles. The summed E-state index contributed by atoms with van der Waals surface area (Å²) in [7, 11) is 1.54. The predicted molar refractivity (Wildman–Crippen MR) is 95.0 cm³/mol. The molecule has 2 aromatic carbocycles. The molecule has 0 fully saturated rings. The number of amides is 1. The molecule has 0 unspecified atom stereocenters. The third-order valence-corrected chi connectivity index (χ3v) is 3.35. The molecule has 5 heteroatoms. The molecule has 1 N–H and O–H groups in total. The van der Waals surface area contributed by atoms with Crippen LogP contribution in [0.2, 0.25) is 0 Å². The van der Waals surface area contributed by atoms with Gasteiger partial charge in [-0.15, -0.1) is 0 Å². The zero-order chi connectivity index (χ0) is 17.5. The summed E-state index contributed by atoms with van der Waals surface area (Å²) < 4.78 is 10.9. The van der Waals surface area contributed by atoms with Gasteiger partial charge in [-0.3, -0.25) is 4.79 Å². The molecule has 126 valence electrons. The predicted octanol–water partition coefficient (Wildman–Crippen LogP) is 3.55. The number of rotatable bonds is 6. The lowest BCUT2D eigenvalue weighted by atomic mass is 10.1. The Morgan fingerprint density at radius 2 is 1.92 bits per heavy atom. The van der Waals surface area contributed by atoms with Crippen molar-refractivity contribution >= 4 is 12.1 Å². The number of aryl methyl sites for hydroxylation is 1. The lowest BCUT2D eigenvalue weighted by molar-refractivity contribution is 0.0954. The van der Waals surface area contributed by atoms with Crippen LogP contribution in [-0.2, 0) is 0 Å². The van der Waals surface area contributed by atoms with Crippen LogP contribution in [0, 0.1) is 6.92 Å². The highest BCUT2D eigenvalue weighted by Crippen LogP contribution is 2.28. The first-order chi connectivity index (χ1) is 11.5. The Hall–Kier alpha value is -2.82. The monoisotopic (exact) mass is 326 g/mol. The summed E-state index contributed by atoms with van der Waals surface area (Å²) >= 11 is 0. The van der Waals surface area contributed by atoms with Crippen molar-refractivity contribution in [3.63, 3.8) is 0 Å². The van der Waals surface area contributed by atoms with Gasteiger partial charge in [-0.05, 0) is 50.1 Å². The van der Waals surface area contributed by atoms with Crippen LogP contribution in [0.5, 0.6) is 11.5 Å². The van der Waals surface area contributed by atoms with Gasteiger partial charge in [0.1, 0.15) is 0 Å². The van der Waals surface area contributed by atoms with E-state index in [4.69, 9.17) is 9.47 Å². The van der Waals surface area contributed by atoms with Crippen molar-refractivity contribution in [1.82, 2.24) is 5.43 Å². The number of carbonyl (C=O) groups is 1.